The molecule has 2 aromatic heterocycles. The standard InChI is InChI=1S/C25H24ClFN6O4S/c1-37-16-7-5-15(6-8-16)4-2-3-13-33(38(35)36)19-10-9-18(27)22(20(19)26)32-25(34)17-11-12-29-23-21(17)30-14-31-24(23)28/h5-12,14H,2-4,13H2,1H3,(H,32,34)(H,35,36)(H2,28,30,31)/p-1. The number of benzene rings is 2. The molecule has 0 bridgehead atoms. The maximum absolute atomic E-state index is 14.8. The largest absolute Gasteiger partial charge is 0.755 e. The minimum Gasteiger partial charge on any atom is -0.755 e. The average molecular weight is 558 g/mol. The monoisotopic (exact) mass is 557 g/mol. The van der Waals surface area contributed by atoms with Crippen LogP contribution in [0.1, 0.15) is 28.8 Å². The van der Waals surface area contributed by atoms with E-state index in [1.165, 1.54) is 24.7 Å². The molecule has 1 atom stereocenters. The smallest absolute Gasteiger partial charge is 0.258 e. The zero-order valence-corrected chi connectivity index (χ0v) is 21.8. The number of nitrogens with one attached hydrogen (secondary N) is 1. The number of fused-ring (bicyclic) bond motifs is 1. The second-order valence-corrected chi connectivity index (χ2v) is 9.40. The lowest BCUT2D eigenvalue weighted by molar-refractivity contribution is 0.102. The van der Waals surface area contributed by atoms with Crippen LogP contribution in [0.5, 0.6) is 5.75 Å². The van der Waals surface area contributed by atoms with E-state index in [0.29, 0.717) is 12.8 Å². The first-order chi connectivity index (χ1) is 18.3. The number of carbonyl (C=O) groups is 1. The first-order valence-corrected chi connectivity index (χ1v) is 12.9. The number of methoxy groups -OCH3 is 1. The molecule has 0 saturated carbocycles. The number of nitrogens with two attached hydrogens (primary N) is 1. The van der Waals surface area contributed by atoms with Gasteiger partial charge in [-0.05, 0) is 55.2 Å². The van der Waals surface area contributed by atoms with Crippen LogP contribution in [-0.2, 0) is 17.7 Å². The number of nitrogen functional groups attached to an aromatic ring is 1. The van der Waals surface area contributed by atoms with Crippen LogP contribution in [0.3, 0.4) is 0 Å². The Bertz CT molecular complexity index is 1490. The molecule has 0 radical (unpaired) electrons. The molecule has 0 aliphatic carbocycles. The van der Waals surface area contributed by atoms with E-state index in [9.17, 15) is 17.9 Å². The van der Waals surface area contributed by atoms with Crippen molar-refractivity contribution >= 4 is 57.0 Å². The van der Waals surface area contributed by atoms with Gasteiger partial charge in [0, 0.05) is 24.0 Å². The lowest BCUT2D eigenvalue weighted by Crippen LogP contribution is -2.27. The molecule has 2 heterocycles. The van der Waals surface area contributed by atoms with Gasteiger partial charge in [-0.25, -0.2) is 14.4 Å². The van der Waals surface area contributed by atoms with Gasteiger partial charge in [-0.15, -0.1) is 0 Å². The topological polar surface area (TPSA) is 146 Å². The Hall–Kier alpha value is -3.87. The van der Waals surface area contributed by atoms with Crippen molar-refractivity contribution in [2.24, 2.45) is 0 Å². The highest BCUT2D eigenvalue weighted by Crippen LogP contribution is 2.36. The van der Waals surface area contributed by atoms with Gasteiger partial charge in [0.2, 0.25) is 0 Å². The number of amides is 1. The molecule has 38 heavy (non-hydrogen) atoms. The summed E-state index contributed by atoms with van der Waals surface area (Å²) in [5.41, 5.74) is 7.00. The molecule has 198 valence electrons. The van der Waals surface area contributed by atoms with E-state index in [1.54, 1.807) is 7.11 Å². The van der Waals surface area contributed by atoms with Crippen LogP contribution < -0.4 is 20.1 Å². The number of carbonyl (C=O) groups excluding carboxylic acids is 1. The highest BCUT2D eigenvalue weighted by atomic mass is 35.5. The number of pyridine rings is 1. The first-order valence-electron chi connectivity index (χ1n) is 11.4. The van der Waals surface area contributed by atoms with E-state index >= 15 is 0 Å². The zero-order chi connectivity index (χ0) is 27.2. The van der Waals surface area contributed by atoms with Gasteiger partial charge in [0.25, 0.3) is 5.91 Å². The molecule has 1 unspecified atom stereocenters. The summed E-state index contributed by atoms with van der Waals surface area (Å²) in [6.07, 6.45) is 4.47. The van der Waals surface area contributed by atoms with Gasteiger partial charge in [0.15, 0.2) is 5.82 Å². The first kappa shape index (κ1) is 27.2. The fourth-order valence-corrected chi connectivity index (χ4v) is 4.79. The minimum atomic E-state index is -2.69. The van der Waals surface area contributed by atoms with Gasteiger partial charge < -0.3 is 24.6 Å². The van der Waals surface area contributed by atoms with Crippen molar-refractivity contribution in [2.75, 3.05) is 29.0 Å². The Morgan fingerprint density at radius 2 is 1.89 bits per heavy atom. The fourth-order valence-electron chi connectivity index (χ4n) is 3.85. The summed E-state index contributed by atoms with van der Waals surface area (Å²) >= 11 is 3.73. The number of rotatable bonds is 10. The van der Waals surface area contributed by atoms with E-state index in [-0.39, 0.29) is 45.4 Å². The number of unbranched alkanes of at least 4 members (excludes halogenated alkanes) is 1. The molecule has 13 heteroatoms. The molecule has 0 aliphatic rings. The van der Waals surface area contributed by atoms with Crippen LogP contribution in [0.4, 0.5) is 21.6 Å². The van der Waals surface area contributed by atoms with Crippen LogP contribution in [-0.4, -0.2) is 43.3 Å². The normalized spacial score (nSPS) is 11.8. The van der Waals surface area contributed by atoms with Crippen molar-refractivity contribution in [2.45, 2.75) is 19.3 Å². The second kappa shape index (κ2) is 12.1. The van der Waals surface area contributed by atoms with Crippen LogP contribution in [0.2, 0.25) is 5.02 Å². The molecular formula is C25H23ClFN6O4S-. The van der Waals surface area contributed by atoms with E-state index in [4.69, 9.17) is 22.1 Å². The van der Waals surface area contributed by atoms with Gasteiger partial charge in [0.05, 0.1) is 29.1 Å². The van der Waals surface area contributed by atoms with Gasteiger partial charge in [-0.2, -0.15) is 0 Å². The second-order valence-electron chi connectivity index (χ2n) is 8.15. The minimum absolute atomic E-state index is 0.0345. The molecule has 0 fully saturated rings. The molecular weight excluding hydrogens is 535 g/mol. The van der Waals surface area contributed by atoms with Crippen molar-refractivity contribution in [3.8, 4) is 5.75 Å². The van der Waals surface area contributed by atoms with Crippen molar-refractivity contribution in [1.82, 2.24) is 15.0 Å². The maximum Gasteiger partial charge on any atom is 0.258 e. The highest BCUT2D eigenvalue weighted by Gasteiger charge is 2.21. The Labute approximate surface area is 225 Å². The number of ether oxygens (including phenoxy) is 1. The summed E-state index contributed by atoms with van der Waals surface area (Å²) in [5.74, 6) is -0.736. The molecule has 3 N–H and O–H groups in total. The highest BCUT2D eigenvalue weighted by molar-refractivity contribution is 7.80. The van der Waals surface area contributed by atoms with Crippen LogP contribution >= 0.6 is 11.6 Å². The number of halogens is 2. The number of aromatic nitrogens is 3. The molecule has 2 aromatic carbocycles. The lowest BCUT2D eigenvalue weighted by Gasteiger charge is -2.28. The van der Waals surface area contributed by atoms with Gasteiger partial charge in [-0.3, -0.25) is 14.0 Å². The summed E-state index contributed by atoms with van der Waals surface area (Å²) in [7, 11) is 1.59. The summed E-state index contributed by atoms with van der Waals surface area (Å²) in [4.78, 5) is 25.0. The quantitative estimate of drug-likeness (QED) is 0.217. The van der Waals surface area contributed by atoms with E-state index < -0.39 is 23.0 Å². The van der Waals surface area contributed by atoms with E-state index in [2.05, 4.69) is 20.3 Å². The molecule has 0 spiro atoms. The molecule has 4 aromatic rings. The number of hydrogen-bond donors (Lipinski definition) is 2. The number of aryl methyl sites for hydroxylation is 1. The van der Waals surface area contributed by atoms with Gasteiger partial charge >= 0.3 is 0 Å². The molecule has 10 nitrogen and oxygen atoms in total. The summed E-state index contributed by atoms with van der Waals surface area (Å²) < 4.78 is 45.0. The molecule has 0 aliphatic heterocycles. The Kier molecular flexibility index (Phi) is 8.66. The molecule has 0 saturated heterocycles. The SMILES string of the molecule is COc1ccc(CCCCN(c2ccc(F)c(NC(=O)c3ccnc4c(N)ncnc34)c2Cl)S(=O)[O-])cc1. The zero-order valence-electron chi connectivity index (χ0n) is 20.2. The number of nitrogens with zero attached hydrogens (tertiary/aromatic N) is 4. The summed E-state index contributed by atoms with van der Waals surface area (Å²) in [5, 5.41) is 2.17. The fraction of sp³-hybridized carbons (Fsp3) is 0.200. The van der Waals surface area contributed by atoms with Crippen molar-refractivity contribution in [3.05, 3.63) is 77.0 Å². The average Bonchev–Trinajstić information content (AvgIpc) is 2.91. The maximum atomic E-state index is 14.8. The number of hydrogen-bond acceptors (Lipinski definition) is 8. The Morgan fingerprint density at radius 1 is 1.13 bits per heavy atom. The third-order valence-electron chi connectivity index (χ3n) is 5.79. The Balaban J connectivity index is 1.51. The van der Waals surface area contributed by atoms with Crippen LogP contribution in [0.15, 0.2) is 55.0 Å². The third-order valence-corrected chi connectivity index (χ3v) is 6.91. The van der Waals surface area contributed by atoms with Gasteiger partial charge in [-0.1, -0.05) is 23.7 Å². The lowest BCUT2D eigenvalue weighted by atomic mass is 10.1. The predicted molar refractivity (Wildman–Crippen MR) is 143 cm³/mol. The van der Waals surface area contributed by atoms with Crippen molar-refractivity contribution < 1.29 is 22.7 Å². The van der Waals surface area contributed by atoms with Crippen molar-refractivity contribution in [1.29, 1.82) is 0 Å². The third kappa shape index (κ3) is 5.98. The predicted octanol–water partition coefficient (Wildman–Crippen LogP) is 4.28. The summed E-state index contributed by atoms with van der Waals surface area (Å²) in [6.45, 7) is 0.107. The van der Waals surface area contributed by atoms with Crippen LogP contribution in [0.25, 0.3) is 11.0 Å². The van der Waals surface area contributed by atoms with E-state index in [0.717, 1.165) is 28.1 Å². The Morgan fingerprint density at radius 3 is 2.61 bits per heavy atom. The molecule has 4 rings (SSSR count). The van der Waals surface area contributed by atoms with Crippen molar-refractivity contribution in [3.63, 3.8) is 0 Å². The van der Waals surface area contributed by atoms with E-state index in [1.807, 2.05) is 24.3 Å². The van der Waals surface area contributed by atoms with Crippen LogP contribution in [0, 0.1) is 5.82 Å². The summed E-state index contributed by atoms with van der Waals surface area (Å²) in [6, 6.07) is 11.3. The molecule has 1 amide bonds. The number of anilines is 3. The van der Waals surface area contributed by atoms with Gasteiger partial charge in [0.1, 0.15) is 28.9 Å².